The van der Waals surface area contributed by atoms with E-state index in [1.807, 2.05) is 19.1 Å². The maximum atomic E-state index is 12.6. The average Bonchev–Trinajstić information content (AvgIpc) is 2.97. The molecule has 0 saturated carbocycles. The lowest BCUT2D eigenvalue weighted by molar-refractivity contribution is -0.137. The minimum atomic E-state index is -4.40. The van der Waals surface area contributed by atoms with Crippen molar-refractivity contribution in [3.63, 3.8) is 0 Å². The topological polar surface area (TPSA) is 44.4 Å². The summed E-state index contributed by atoms with van der Waals surface area (Å²) in [7, 11) is 0. The van der Waals surface area contributed by atoms with Gasteiger partial charge in [0.15, 0.2) is 0 Å². The number of carbonyl (C=O) groups is 1. The third-order valence-corrected chi connectivity index (χ3v) is 4.52. The highest BCUT2D eigenvalue weighted by Crippen LogP contribution is 2.31. The lowest BCUT2D eigenvalue weighted by atomic mass is 9.97. The fourth-order valence-corrected chi connectivity index (χ4v) is 3.02. The lowest BCUT2D eigenvalue weighted by Crippen LogP contribution is -2.40. The number of benzene rings is 2. The largest absolute Gasteiger partial charge is 0.416 e. The first-order valence-electron chi connectivity index (χ1n) is 8.01. The molecule has 2 aromatic carbocycles. The second-order valence-electron chi connectivity index (χ2n) is 6.25. The molecule has 2 N–H and O–H groups in total. The molecule has 4 nitrogen and oxygen atoms in total. The molecule has 0 aliphatic carbocycles. The van der Waals surface area contributed by atoms with Crippen molar-refractivity contribution in [2.75, 3.05) is 11.9 Å². The zero-order chi connectivity index (χ0) is 18.9. The molecule has 1 fully saturated rings. The first-order chi connectivity index (χ1) is 12.2. The minimum Gasteiger partial charge on any atom is -0.307 e. The van der Waals surface area contributed by atoms with Crippen LogP contribution in [0.25, 0.3) is 0 Å². The fourth-order valence-electron chi connectivity index (χ4n) is 2.89. The Balaban J connectivity index is 1.64. The second kappa shape index (κ2) is 7.17. The number of urea groups is 1. The molecule has 0 spiro atoms. The lowest BCUT2D eigenvalue weighted by Gasteiger charge is -2.19. The SMILES string of the molecule is C[C@H]1CN(C(=O)Nc2ccc(C(F)(F)F)cc2)N[C@H]1c1ccc(Cl)cc1. The molecule has 2 aromatic rings. The molecular formula is C18H17ClF3N3O. The van der Waals surface area contributed by atoms with E-state index in [0.717, 1.165) is 17.7 Å². The summed E-state index contributed by atoms with van der Waals surface area (Å²) >= 11 is 5.90. The monoisotopic (exact) mass is 383 g/mol. The Kier molecular flexibility index (Phi) is 5.11. The van der Waals surface area contributed by atoms with Crippen molar-refractivity contribution in [2.45, 2.75) is 19.1 Å². The van der Waals surface area contributed by atoms with Gasteiger partial charge in [0.2, 0.25) is 0 Å². The highest BCUT2D eigenvalue weighted by atomic mass is 35.5. The highest BCUT2D eigenvalue weighted by molar-refractivity contribution is 6.30. The Labute approximate surface area is 153 Å². The standard InChI is InChI=1S/C18H17ClF3N3O/c1-11-10-25(24-16(11)12-2-6-14(19)7-3-12)17(26)23-15-8-4-13(5-9-15)18(20,21)22/h2-9,11,16,24H,10H2,1H3,(H,23,26)/t11-,16+/m0/s1. The van der Waals surface area contributed by atoms with E-state index in [4.69, 9.17) is 11.6 Å². The van der Waals surface area contributed by atoms with Crippen LogP contribution in [0.1, 0.15) is 24.1 Å². The Bertz CT molecular complexity index is 778. The molecule has 1 aliphatic heterocycles. The number of nitrogens with zero attached hydrogens (tertiary/aromatic N) is 1. The van der Waals surface area contributed by atoms with Gasteiger partial charge < -0.3 is 5.32 Å². The number of anilines is 1. The van der Waals surface area contributed by atoms with Crippen molar-refractivity contribution in [3.05, 3.63) is 64.7 Å². The predicted molar refractivity (Wildman–Crippen MR) is 93.7 cm³/mol. The van der Waals surface area contributed by atoms with Crippen molar-refractivity contribution >= 4 is 23.3 Å². The van der Waals surface area contributed by atoms with Crippen LogP contribution < -0.4 is 10.7 Å². The molecule has 3 rings (SSSR count). The van der Waals surface area contributed by atoms with Crippen LogP contribution in [-0.2, 0) is 6.18 Å². The van der Waals surface area contributed by atoms with Crippen LogP contribution in [0.4, 0.5) is 23.7 Å². The number of nitrogens with one attached hydrogen (secondary N) is 2. The summed E-state index contributed by atoms with van der Waals surface area (Å²) in [5.74, 6) is 0.162. The number of amides is 2. The first kappa shape index (κ1) is 18.5. The molecule has 8 heteroatoms. The van der Waals surface area contributed by atoms with E-state index in [-0.39, 0.29) is 12.0 Å². The molecule has 1 heterocycles. The molecule has 26 heavy (non-hydrogen) atoms. The number of hydrogen-bond acceptors (Lipinski definition) is 2. The van der Waals surface area contributed by atoms with Gasteiger partial charge in [0, 0.05) is 17.3 Å². The van der Waals surface area contributed by atoms with Crippen molar-refractivity contribution in [1.29, 1.82) is 0 Å². The van der Waals surface area contributed by atoms with Crippen LogP contribution in [0.5, 0.6) is 0 Å². The third kappa shape index (κ3) is 4.11. The van der Waals surface area contributed by atoms with E-state index in [1.165, 1.54) is 17.1 Å². The summed E-state index contributed by atoms with van der Waals surface area (Å²) in [6.45, 7) is 2.48. The zero-order valence-corrected chi connectivity index (χ0v) is 14.6. The van der Waals surface area contributed by atoms with Crippen molar-refractivity contribution < 1.29 is 18.0 Å². The molecule has 0 radical (unpaired) electrons. The number of carbonyl (C=O) groups excluding carboxylic acids is 1. The molecule has 1 saturated heterocycles. The summed E-state index contributed by atoms with van der Waals surface area (Å²) in [6.07, 6.45) is -4.40. The van der Waals surface area contributed by atoms with Crippen LogP contribution in [-0.4, -0.2) is 17.6 Å². The molecule has 0 aromatic heterocycles. The van der Waals surface area contributed by atoms with E-state index >= 15 is 0 Å². The molecule has 1 aliphatic rings. The Morgan fingerprint density at radius 2 is 1.77 bits per heavy atom. The molecule has 138 valence electrons. The summed E-state index contributed by atoms with van der Waals surface area (Å²) < 4.78 is 37.8. The van der Waals surface area contributed by atoms with Crippen molar-refractivity contribution in [3.8, 4) is 0 Å². The minimum absolute atomic E-state index is 0.0503. The van der Waals surface area contributed by atoms with Crippen LogP contribution in [0.2, 0.25) is 5.02 Å². The van der Waals surface area contributed by atoms with Crippen LogP contribution in [0.15, 0.2) is 48.5 Å². The van der Waals surface area contributed by atoms with Crippen molar-refractivity contribution in [2.24, 2.45) is 5.92 Å². The van der Waals surface area contributed by atoms with Crippen LogP contribution in [0, 0.1) is 5.92 Å². The zero-order valence-electron chi connectivity index (χ0n) is 13.8. The summed E-state index contributed by atoms with van der Waals surface area (Å²) in [6, 6.07) is 11.2. The van der Waals surface area contributed by atoms with E-state index in [2.05, 4.69) is 10.7 Å². The van der Waals surface area contributed by atoms with Gasteiger partial charge in [0.25, 0.3) is 0 Å². The van der Waals surface area contributed by atoms with E-state index in [0.29, 0.717) is 17.3 Å². The van der Waals surface area contributed by atoms with Crippen LogP contribution >= 0.6 is 11.6 Å². The Hall–Kier alpha value is -2.25. The maximum absolute atomic E-state index is 12.6. The van der Waals surface area contributed by atoms with Crippen LogP contribution in [0.3, 0.4) is 0 Å². The van der Waals surface area contributed by atoms with Gasteiger partial charge in [-0.3, -0.25) is 5.01 Å². The molecule has 0 bridgehead atoms. The predicted octanol–water partition coefficient (Wildman–Crippen LogP) is 5.09. The smallest absolute Gasteiger partial charge is 0.307 e. The number of hydrogen-bond donors (Lipinski definition) is 2. The average molecular weight is 384 g/mol. The first-order valence-corrected chi connectivity index (χ1v) is 8.39. The second-order valence-corrected chi connectivity index (χ2v) is 6.69. The van der Waals surface area contributed by atoms with Crippen molar-refractivity contribution in [1.82, 2.24) is 10.4 Å². The maximum Gasteiger partial charge on any atom is 0.416 e. The van der Waals surface area contributed by atoms with Gasteiger partial charge in [-0.2, -0.15) is 13.2 Å². The van der Waals surface area contributed by atoms with Gasteiger partial charge in [-0.1, -0.05) is 30.7 Å². The van der Waals surface area contributed by atoms with Gasteiger partial charge >= 0.3 is 12.2 Å². The van der Waals surface area contributed by atoms with E-state index < -0.39 is 17.8 Å². The molecular weight excluding hydrogens is 367 g/mol. The van der Waals surface area contributed by atoms with E-state index in [1.54, 1.807) is 12.1 Å². The van der Waals surface area contributed by atoms with Gasteiger partial charge in [-0.25, -0.2) is 10.2 Å². The van der Waals surface area contributed by atoms with Gasteiger partial charge in [-0.15, -0.1) is 0 Å². The number of alkyl halides is 3. The molecule has 2 amide bonds. The number of hydrazine groups is 1. The fraction of sp³-hybridized carbons (Fsp3) is 0.278. The van der Waals surface area contributed by atoms with Gasteiger partial charge in [0.05, 0.1) is 11.6 Å². The van der Waals surface area contributed by atoms with Gasteiger partial charge in [-0.05, 0) is 47.9 Å². The number of halogens is 4. The summed E-state index contributed by atoms with van der Waals surface area (Å²) in [4.78, 5) is 12.4. The Morgan fingerprint density at radius 1 is 1.15 bits per heavy atom. The number of rotatable bonds is 2. The molecule has 2 atom stereocenters. The summed E-state index contributed by atoms with van der Waals surface area (Å²) in [5, 5.41) is 4.67. The quantitative estimate of drug-likeness (QED) is 0.758. The van der Waals surface area contributed by atoms with E-state index in [9.17, 15) is 18.0 Å². The summed E-state index contributed by atoms with van der Waals surface area (Å²) in [5.41, 5.74) is 3.68. The Morgan fingerprint density at radius 3 is 2.35 bits per heavy atom. The van der Waals surface area contributed by atoms with Gasteiger partial charge in [0.1, 0.15) is 0 Å². The molecule has 0 unspecified atom stereocenters. The third-order valence-electron chi connectivity index (χ3n) is 4.27. The normalized spacial score (nSPS) is 20.3. The highest BCUT2D eigenvalue weighted by Gasteiger charge is 2.33.